The summed E-state index contributed by atoms with van der Waals surface area (Å²) < 4.78 is 0. The molecule has 108 valence electrons. The van der Waals surface area contributed by atoms with E-state index in [1.54, 1.807) is 0 Å². The molecule has 0 bridgehead atoms. The first-order valence-electron chi connectivity index (χ1n) is 6.03. The molecule has 2 atom stereocenters. The van der Waals surface area contributed by atoms with E-state index in [0.717, 1.165) is 4.90 Å². The number of aliphatic carboxylic acids is 1. The average molecular weight is 273 g/mol. The van der Waals surface area contributed by atoms with Crippen LogP contribution in [0.1, 0.15) is 13.3 Å². The number of aliphatic hydroxyl groups excluding tert-OH is 1. The molecule has 1 aliphatic rings. The number of rotatable bonds is 4. The lowest BCUT2D eigenvalue weighted by atomic mass is 9.96. The highest BCUT2D eigenvalue weighted by Gasteiger charge is 2.31. The van der Waals surface area contributed by atoms with Crippen molar-refractivity contribution in [3.8, 4) is 0 Å². The number of nitrogens with two attached hydrogens (primary N) is 1. The van der Waals surface area contributed by atoms with Crippen LogP contribution >= 0.6 is 0 Å². The van der Waals surface area contributed by atoms with E-state index in [-0.39, 0.29) is 12.5 Å². The highest BCUT2D eigenvalue weighted by Crippen LogP contribution is 2.18. The number of carboxylic acids is 1. The third kappa shape index (κ3) is 4.40. The molecule has 0 aromatic carbocycles. The fourth-order valence-corrected chi connectivity index (χ4v) is 1.97. The number of urea groups is 1. The van der Waals surface area contributed by atoms with Crippen molar-refractivity contribution in [3.63, 3.8) is 0 Å². The monoisotopic (exact) mass is 273 g/mol. The molecule has 0 aromatic heterocycles. The zero-order valence-corrected chi connectivity index (χ0v) is 10.8. The molecular weight excluding hydrogens is 254 g/mol. The average Bonchev–Trinajstić information content (AvgIpc) is 2.29. The molecule has 8 heteroatoms. The number of hydrogen-bond acceptors (Lipinski definition) is 4. The highest BCUT2D eigenvalue weighted by molar-refractivity contribution is 5.86. The standard InChI is InChI=1S/C11H19N3O5/c1-7-2-3-13(4-8(7)15)11(19)14(5-9(12)16)6-10(17)18/h7-8,15H,2-6H2,1H3,(H2,12,16)(H,17,18). The summed E-state index contributed by atoms with van der Waals surface area (Å²) in [7, 11) is 0. The topological polar surface area (TPSA) is 124 Å². The predicted octanol–water partition coefficient (Wildman–Crippen LogP) is -1.32. The van der Waals surface area contributed by atoms with Gasteiger partial charge in [0.25, 0.3) is 0 Å². The van der Waals surface area contributed by atoms with Crippen LogP contribution in [0.25, 0.3) is 0 Å². The lowest BCUT2D eigenvalue weighted by Gasteiger charge is -2.36. The Morgan fingerprint density at radius 1 is 1.37 bits per heavy atom. The number of β-amino-alcohol motifs (C(OH)–C–C–N with tert-alkyl or cyclic N) is 1. The SMILES string of the molecule is CC1CCN(C(=O)N(CC(N)=O)CC(=O)O)CC1O. The van der Waals surface area contributed by atoms with Crippen molar-refractivity contribution in [3.05, 3.63) is 0 Å². The van der Waals surface area contributed by atoms with Crippen LogP contribution in [0, 0.1) is 5.92 Å². The van der Waals surface area contributed by atoms with Crippen molar-refractivity contribution < 1.29 is 24.6 Å². The first-order valence-corrected chi connectivity index (χ1v) is 6.03. The third-order valence-electron chi connectivity index (χ3n) is 3.13. The Hall–Kier alpha value is -1.83. The third-order valence-corrected chi connectivity index (χ3v) is 3.13. The Balaban J connectivity index is 2.70. The molecule has 0 radical (unpaired) electrons. The van der Waals surface area contributed by atoms with E-state index in [1.165, 1.54) is 4.90 Å². The van der Waals surface area contributed by atoms with Gasteiger partial charge >= 0.3 is 12.0 Å². The maximum atomic E-state index is 12.1. The summed E-state index contributed by atoms with van der Waals surface area (Å²) in [5, 5.41) is 18.4. The Kier molecular flexibility index (Phi) is 5.11. The van der Waals surface area contributed by atoms with Gasteiger partial charge in [-0.25, -0.2) is 4.79 Å². The summed E-state index contributed by atoms with van der Waals surface area (Å²) in [5.74, 6) is -1.91. The van der Waals surface area contributed by atoms with E-state index in [2.05, 4.69) is 0 Å². The van der Waals surface area contributed by atoms with Crippen LogP contribution in [0.3, 0.4) is 0 Å². The van der Waals surface area contributed by atoms with Gasteiger partial charge in [0.1, 0.15) is 13.1 Å². The van der Waals surface area contributed by atoms with Crippen LogP contribution in [0.4, 0.5) is 4.79 Å². The molecule has 0 aromatic rings. The number of carbonyl (C=O) groups excluding carboxylic acids is 2. The van der Waals surface area contributed by atoms with Gasteiger partial charge in [0.15, 0.2) is 0 Å². The summed E-state index contributed by atoms with van der Waals surface area (Å²) in [6.07, 6.45) is -0.0114. The maximum absolute atomic E-state index is 12.1. The van der Waals surface area contributed by atoms with Crippen LogP contribution in [-0.4, -0.2) is 70.2 Å². The quantitative estimate of drug-likeness (QED) is 0.586. The van der Waals surface area contributed by atoms with Crippen LogP contribution in [0.15, 0.2) is 0 Å². The summed E-state index contributed by atoms with van der Waals surface area (Å²) in [4.78, 5) is 35.8. The van der Waals surface area contributed by atoms with E-state index in [0.29, 0.717) is 13.0 Å². The van der Waals surface area contributed by atoms with E-state index in [9.17, 15) is 19.5 Å². The van der Waals surface area contributed by atoms with Crippen molar-refractivity contribution >= 4 is 17.9 Å². The highest BCUT2D eigenvalue weighted by atomic mass is 16.4. The van der Waals surface area contributed by atoms with Gasteiger partial charge < -0.3 is 25.7 Å². The van der Waals surface area contributed by atoms with Gasteiger partial charge in [0.05, 0.1) is 6.10 Å². The number of likely N-dealkylation sites (tertiary alicyclic amines) is 1. The molecular formula is C11H19N3O5. The fourth-order valence-electron chi connectivity index (χ4n) is 1.97. The first kappa shape index (κ1) is 15.2. The second-order valence-electron chi connectivity index (χ2n) is 4.78. The van der Waals surface area contributed by atoms with Gasteiger partial charge in [-0.1, -0.05) is 6.92 Å². The van der Waals surface area contributed by atoms with Gasteiger partial charge in [-0.3, -0.25) is 9.59 Å². The molecule has 0 aliphatic carbocycles. The summed E-state index contributed by atoms with van der Waals surface area (Å²) in [5.41, 5.74) is 4.99. The van der Waals surface area contributed by atoms with Gasteiger partial charge in [-0.15, -0.1) is 0 Å². The molecule has 0 spiro atoms. The second kappa shape index (κ2) is 6.37. The van der Waals surface area contributed by atoms with Crippen molar-refractivity contribution in [1.82, 2.24) is 9.80 Å². The molecule has 1 heterocycles. The number of amides is 3. The Morgan fingerprint density at radius 3 is 2.47 bits per heavy atom. The molecule has 2 unspecified atom stereocenters. The normalized spacial score (nSPS) is 22.9. The Labute approximate surface area is 110 Å². The van der Waals surface area contributed by atoms with Gasteiger partial charge in [-0.2, -0.15) is 0 Å². The van der Waals surface area contributed by atoms with E-state index in [4.69, 9.17) is 10.8 Å². The minimum Gasteiger partial charge on any atom is -0.480 e. The van der Waals surface area contributed by atoms with Gasteiger partial charge in [0, 0.05) is 13.1 Å². The van der Waals surface area contributed by atoms with Crippen molar-refractivity contribution in [2.45, 2.75) is 19.4 Å². The van der Waals surface area contributed by atoms with Crippen molar-refractivity contribution in [1.29, 1.82) is 0 Å². The van der Waals surface area contributed by atoms with E-state index >= 15 is 0 Å². The molecule has 0 saturated carbocycles. The Bertz CT molecular complexity index is 357. The minimum atomic E-state index is -1.22. The molecule has 4 N–H and O–H groups in total. The predicted molar refractivity (Wildman–Crippen MR) is 65.2 cm³/mol. The lowest BCUT2D eigenvalue weighted by Crippen LogP contribution is -2.53. The second-order valence-corrected chi connectivity index (χ2v) is 4.78. The van der Waals surface area contributed by atoms with Crippen LogP contribution < -0.4 is 5.73 Å². The van der Waals surface area contributed by atoms with Crippen LogP contribution in [-0.2, 0) is 9.59 Å². The van der Waals surface area contributed by atoms with Crippen LogP contribution in [0.2, 0.25) is 0 Å². The van der Waals surface area contributed by atoms with Gasteiger partial charge in [0.2, 0.25) is 5.91 Å². The van der Waals surface area contributed by atoms with E-state index < -0.39 is 37.1 Å². The summed E-state index contributed by atoms with van der Waals surface area (Å²) in [6, 6.07) is -0.591. The number of piperidine rings is 1. The fraction of sp³-hybridized carbons (Fsp3) is 0.727. The van der Waals surface area contributed by atoms with Crippen molar-refractivity contribution in [2.24, 2.45) is 11.7 Å². The number of carbonyl (C=O) groups is 3. The first-order chi connectivity index (χ1) is 8.81. The lowest BCUT2D eigenvalue weighted by molar-refractivity contribution is -0.138. The smallest absolute Gasteiger partial charge is 0.323 e. The van der Waals surface area contributed by atoms with E-state index in [1.807, 2.05) is 6.92 Å². The number of carboxylic acid groups (broad SMARTS) is 1. The molecule has 1 fully saturated rings. The zero-order valence-electron chi connectivity index (χ0n) is 10.8. The molecule has 19 heavy (non-hydrogen) atoms. The van der Waals surface area contributed by atoms with Gasteiger partial charge in [-0.05, 0) is 12.3 Å². The minimum absolute atomic E-state index is 0.0908. The summed E-state index contributed by atoms with van der Waals surface area (Å²) >= 11 is 0. The molecule has 1 saturated heterocycles. The largest absolute Gasteiger partial charge is 0.480 e. The number of nitrogens with zero attached hydrogens (tertiary/aromatic N) is 2. The number of hydrogen-bond donors (Lipinski definition) is 3. The summed E-state index contributed by atoms with van der Waals surface area (Å²) in [6.45, 7) is 1.39. The Morgan fingerprint density at radius 2 is 2.00 bits per heavy atom. The van der Waals surface area contributed by atoms with Crippen molar-refractivity contribution in [2.75, 3.05) is 26.2 Å². The molecule has 8 nitrogen and oxygen atoms in total. The molecule has 1 aliphatic heterocycles. The van der Waals surface area contributed by atoms with Crippen LogP contribution in [0.5, 0.6) is 0 Å². The number of aliphatic hydroxyl groups is 1. The maximum Gasteiger partial charge on any atom is 0.323 e. The zero-order chi connectivity index (χ0) is 14.6. The molecule has 1 rings (SSSR count). The number of primary amides is 1. The molecule has 3 amide bonds.